The highest BCUT2D eigenvalue weighted by molar-refractivity contribution is 5.91. The molecule has 0 bridgehead atoms. The Morgan fingerprint density at radius 1 is 1.26 bits per heavy atom. The van der Waals surface area contributed by atoms with Gasteiger partial charge in [0.2, 0.25) is 0 Å². The van der Waals surface area contributed by atoms with Gasteiger partial charge < -0.3 is 15.1 Å². The van der Waals surface area contributed by atoms with Crippen molar-refractivity contribution in [3.05, 3.63) is 54.0 Å². The van der Waals surface area contributed by atoms with Crippen molar-refractivity contribution in [2.75, 3.05) is 5.73 Å². The minimum atomic E-state index is -0.100. The van der Waals surface area contributed by atoms with Crippen LogP contribution in [-0.4, -0.2) is 16.8 Å². The van der Waals surface area contributed by atoms with Gasteiger partial charge >= 0.3 is 0 Å². The van der Waals surface area contributed by atoms with E-state index in [0.717, 1.165) is 11.3 Å². The zero-order chi connectivity index (χ0) is 13.8. The monoisotopic (exact) mass is 258 g/mol. The van der Waals surface area contributed by atoms with Crippen molar-refractivity contribution in [3.63, 3.8) is 0 Å². The Morgan fingerprint density at radius 2 is 1.95 bits per heavy atom. The van der Waals surface area contributed by atoms with Crippen molar-refractivity contribution in [1.82, 2.24) is 4.90 Å². The van der Waals surface area contributed by atoms with Gasteiger partial charge in [-0.3, -0.25) is 4.79 Å². The number of furan rings is 1. The average molecular weight is 258 g/mol. The third-order valence-corrected chi connectivity index (χ3v) is 2.95. The number of nitrogens with zero attached hydrogens (tertiary/aromatic N) is 1. The first-order chi connectivity index (χ1) is 9.08. The average Bonchev–Trinajstić information content (AvgIpc) is 2.91. The number of nitrogens with two attached hydrogens (primary N) is 1. The molecule has 0 saturated heterocycles. The molecular formula is C15H18N2O2. The molecule has 1 heterocycles. The summed E-state index contributed by atoms with van der Waals surface area (Å²) in [5.41, 5.74) is 7.42. The molecule has 0 radical (unpaired) electrons. The molecule has 0 saturated carbocycles. The van der Waals surface area contributed by atoms with Crippen molar-refractivity contribution in [1.29, 1.82) is 0 Å². The Hall–Kier alpha value is -2.23. The van der Waals surface area contributed by atoms with E-state index in [1.54, 1.807) is 17.0 Å². The van der Waals surface area contributed by atoms with E-state index < -0.39 is 0 Å². The Morgan fingerprint density at radius 3 is 2.47 bits per heavy atom. The van der Waals surface area contributed by atoms with E-state index in [1.165, 1.54) is 6.26 Å². The van der Waals surface area contributed by atoms with Crippen LogP contribution in [0.1, 0.15) is 30.0 Å². The minimum absolute atomic E-state index is 0.0927. The maximum absolute atomic E-state index is 12.3. The van der Waals surface area contributed by atoms with Gasteiger partial charge in [-0.25, -0.2) is 0 Å². The van der Waals surface area contributed by atoms with Crippen LogP contribution in [0.5, 0.6) is 0 Å². The Bertz CT molecular complexity index is 530. The summed E-state index contributed by atoms with van der Waals surface area (Å²) in [7, 11) is 0. The molecule has 1 aromatic carbocycles. The third kappa shape index (κ3) is 3.16. The lowest BCUT2D eigenvalue weighted by molar-refractivity contribution is 0.0657. The lowest BCUT2D eigenvalue weighted by atomic mass is 10.1. The van der Waals surface area contributed by atoms with Crippen molar-refractivity contribution in [2.45, 2.75) is 26.4 Å². The third-order valence-electron chi connectivity index (χ3n) is 2.95. The molecule has 1 amide bonds. The fraction of sp³-hybridized carbons (Fsp3) is 0.267. The first kappa shape index (κ1) is 13.2. The van der Waals surface area contributed by atoms with E-state index in [4.69, 9.17) is 10.2 Å². The summed E-state index contributed by atoms with van der Waals surface area (Å²) in [4.78, 5) is 14.1. The zero-order valence-corrected chi connectivity index (χ0v) is 11.2. The molecule has 0 aliphatic heterocycles. The van der Waals surface area contributed by atoms with Gasteiger partial charge in [0.25, 0.3) is 5.91 Å². The number of nitrogen functional groups attached to an aromatic ring is 1. The molecule has 2 rings (SSSR count). The number of benzene rings is 1. The van der Waals surface area contributed by atoms with Crippen LogP contribution >= 0.6 is 0 Å². The van der Waals surface area contributed by atoms with Crippen LogP contribution in [0.2, 0.25) is 0 Å². The molecule has 0 atom stereocenters. The molecule has 0 fully saturated rings. The van der Waals surface area contributed by atoms with Gasteiger partial charge in [0.15, 0.2) is 5.76 Å². The molecule has 2 N–H and O–H groups in total. The van der Waals surface area contributed by atoms with Crippen LogP contribution in [0.3, 0.4) is 0 Å². The highest BCUT2D eigenvalue weighted by Gasteiger charge is 2.21. The molecule has 4 nitrogen and oxygen atoms in total. The zero-order valence-electron chi connectivity index (χ0n) is 11.2. The van der Waals surface area contributed by atoms with Crippen molar-refractivity contribution < 1.29 is 9.21 Å². The molecule has 0 spiro atoms. The second-order valence-corrected chi connectivity index (χ2v) is 4.75. The van der Waals surface area contributed by atoms with Crippen molar-refractivity contribution in [2.24, 2.45) is 0 Å². The minimum Gasteiger partial charge on any atom is -0.459 e. The maximum atomic E-state index is 12.3. The van der Waals surface area contributed by atoms with Gasteiger partial charge in [-0.1, -0.05) is 12.1 Å². The van der Waals surface area contributed by atoms with Crippen LogP contribution in [0.4, 0.5) is 5.69 Å². The lowest BCUT2D eigenvalue weighted by Gasteiger charge is -2.26. The number of rotatable bonds is 4. The maximum Gasteiger partial charge on any atom is 0.290 e. The number of carbonyl (C=O) groups is 1. The highest BCUT2D eigenvalue weighted by atomic mass is 16.3. The molecule has 0 aliphatic carbocycles. The van der Waals surface area contributed by atoms with E-state index in [0.29, 0.717) is 12.3 Å². The van der Waals surface area contributed by atoms with Gasteiger partial charge in [-0.15, -0.1) is 0 Å². The Labute approximate surface area is 112 Å². The molecule has 2 aromatic rings. The van der Waals surface area contributed by atoms with Crippen molar-refractivity contribution >= 4 is 11.6 Å². The summed E-state index contributed by atoms with van der Waals surface area (Å²) in [6.45, 7) is 4.51. The predicted molar refractivity (Wildman–Crippen MR) is 74.6 cm³/mol. The molecule has 19 heavy (non-hydrogen) atoms. The van der Waals surface area contributed by atoms with Crippen LogP contribution < -0.4 is 5.73 Å². The van der Waals surface area contributed by atoms with Crippen LogP contribution in [0, 0.1) is 0 Å². The molecule has 4 heteroatoms. The normalized spacial score (nSPS) is 10.7. The van der Waals surface area contributed by atoms with Crippen LogP contribution in [-0.2, 0) is 6.54 Å². The number of anilines is 1. The predicted octanol–water partition coefficient (Wildman–Crippen LogP) is 2.91. The fourth-order valence-electron chi connectivity index (χ4n) is 1.85. The standard InChI is InChI=1S/C15H18N2O2/c1-11(2)17(15(18)14-4-3-9-19-14)10-12-5-7-13(16)8-6-12/h3-9,11H,10,16H2,1-2H3. The Balaban J connectivity index is 2.17. The molecular weight excluding hydrogens is 240 g/mol. The number of carbonyl (C=O) groups excluding carboxylic acids is 1. The Kier molecular flexibility index (Phi) is 3.90. The number of hydrogen-bond acceptors (Lipinski definition) is 3. The second-order valence-electron chi connectivity index (χ2n) is 4.75. The molecule has 100 valence electrons. The quantitative estimate of drug-likeness (QED) is 0.858. The SMILES string of the molecule is CC(C)N(Cc1ccc(N)cc1)C(=O)c1ccco1. The van der Waals surface area contributed by atoms with E-state index in [9.17, 15) is 4.79 Å². The van der Waals surface area contributed by atoms with E-state index in [2.05, 4.69) is 0 Å². The summed E-state index contributed by atoms with van der Waals surface area (Å²) in [5.74, 6) is 0.265. The molecule has 1 aromatic heterocycles. The summed E-state index contributed by atoms with van der Waals surface area (Å²) in [5, 5.41) is 0. The number of hydrogen-bond donors (Lipinski definition) is 1. The van der Waals surface area contributed by atoms with Crippen LogP contribution in [0.25, 0.3) is 0 Å². The van der Waals surface area contributed by atoms with E-state index >= 15 is 0 Å². The van der Waals surface area contributed by atoms with Gasteiger partial charge in [0, 0.05) is 18.3 Å². The van der Waals surface area contributed by atoms with Crippen LogP contribution in [0.15, 0.2) is 47.1 Å². The second kappa shape index (κ2) is 5.61. The first-order valence-electron chi connectivity index (χ1n) is 6.27. The highest BCUT2D eigenvalue weighted by Crippen LogP contribution is 2.14. The summed E-state index contributed by atoms with van der Waals surface area (Å²) >= 11 is 0. The van der Waals surface area contributed by atoms with Gasteiger partial charge in [-0.2, -0.15) is 0 Å². The smallest absolute Gasteiger partial charge is 0.290 e. The van der Waals surface area contributed by atoms with Gasteiger partial charge in [0.1, 0.15) is 0 Å². The molecule has 0 unspecified atom stereocenters. The molecule has 0 aliphatic rings. The largest absolute Gasteiger partial charge is 0.459 e. The summed E-state index contributed by atoms with van der Waals surface area (Å²) in [6.07, 6.45) is 1.51. The van der Waals surface area contributed by atoms with Crippen molar-refractivity contribution in [3.8, 4) is 0 Å². The van der Waals surface area contributed by atoms with Gasteiger partial charge in [-0.05, 0) is 43.7 Å². The summed E-state index contributed by atoms with van der Waals surface area (Å²) in [6, 6.07) is 11.0. The first-order valence-corrected chi connectivity index (χ1v) is 6.27. The topological polar surface area (TPSA) is 59.5 Å². The van der Waals surface area contributed by atoms with E-state index in [-0.39, 0.29) is 11.9 Å². The van der Waals surface area contributed by atoms with Gasteiger partial charge in [0.05, 0.1) is 6.26 Å². The van der Waals surface area contributed by atoms with E-state index in [1.807, 2.05) is 38.1 Å². The fourth-order valence-corrected chi connectivity index (χ4v) is 1.85. The number of amides is 1. The lowest BCUT2D eigenvalue weighted by Crippen LogP contribution is -2.36. The summed E-state index contributed by atoms with van der Waals surface area (Å²) < 4.78 is 5.17.